The molecule has 1 unspecified atom stereocenters. The lowest BCUT2D eigenvalue weighted by Gasteiger charge is -2.15. The van der Waals surface area contributed by atoms with Gasteiger partial charge in [-0.3, -0.25) is 9.59 Å². The summed E-state index contributed by atoms with van der Waals surface area (Å²) in [4.78, 5) is 28.4. The van der Waals surface area contributed by atoms with E-state index >= 15 is 0 Å². The van der Waals surface area contributed by atoms with Crippen molar-refractivity contribution in [3.63, 3.8) is 0 Å². The molecule has 0 aliphatic heterocycles. The first kappa shape index (κ1) is 29.8. The maximum absolute atomic E-state index is 14.0. The Morgan fingerprint density at radius 2 is 1.59 bits per heavy atom. The zero-order valence-corrected chi connectivity index (χ0v) is 22.3. The number of aliphatic hydroxyl groups is 2. The molecule has 2 aromatic carbocycles. The number of aliphatic hydroxyl groups excluding tert-OH is 1. The molecule has 0 radical (unpaired) electrons. The molecule has 0 aliphatic rings. The molecule has 2 N–H and O–H groups in total. The number of ketones is 2. The smallest absolute Gasteiger partial charge is 0.390 e. The van der Waals surface area contributed by atoms with Gasteiger partial charge in [-0.1, -0.05) is 64.9 Å². The molecule has 2 aromatic heterocycles. The summed E-state index contributed by atoms with van der Waals surface area (Å²) in [5.74, 6) is -1.80. The van der Waals surface area contributed by atoms with Crippen molar-refractivity contribution < 1.29 is 42.0 Å². The Labute approximate surface area is 233 Å². The monoisotopic (exact) mass is 571 g/mol. The van der Waals surface area contributed by atoms with E-state index in [9.17, 15) is 33.0 Å². The molecule has 2 heterocycles. The minimum Gasteiger partial charge on any atom is -0.390 e. The second-order valence-corrected chi connectivity index (χ2v) is 10.2. The number of carbonyl (C=O) groups excluding carboxylic acids is 2. The van der Waals surface area contributed by atoms with Gasteiger partial charge in [0.25, 0.3) is 5.89 Å². The molecule has 0 fully saturated rings. The molecule has 0 spiro atoms. The van der Waals surface area contributed by atoms with Crippen molar-refractivity contribution in [2.45, 2.75) is 63.8 Å². The SMILES string of the molecule is CC(C)(O)CCC(=O)CCCC(=O)C(O)c1ccc(-c2noc(-c3onc(-c4ccccc4)c3C(F)(F)F)n2)cc1. The van der Waals surface area contributed by atoms with Crippen molar-refractivity contribution >= 4 is 11.6 Å². The predicted octanol–water partition coefficient (Wildman–Crippen LogP) is 5.97. The van der Waals surface area contributed by atoms with Gasteiger partial charge in [0, 0.05) is 30.4 Å². The summed E-state index contributed by atoms with van der Waals surface area (Å²) in [6.07, 6.45) is -5.26. The number of Topliss-reactive ketones (excluding diaryl/α,β-unsaturated/α-hetero) is 2. The Kier molecular flexibility index (Phi) is 8.83. The Bertz CT molecular complexity index is 1490. The van der Waals surface area contributed by atoms with Crippen molar-refractivity contribution in [3.05, 3.63) is 65.7 Å². The lowest BCUT2D eigenvalue weighted by Crippen LogP contribution is -2.20. The maximum atomic E-state index is 14.0. The van der Waals surface area contributed by atoms with E-state index in [0.717, 1.165) is 0 Å². The molecule has 0 aliphatic carbocycles. The molecule has 4 rings (SSSR count). The second-order valence-electron chi connectivity index (χ2n) is 10.2. The van der Waals surface area contributed by atoms with Crippen LogP contribution in [-0.2, 0) is 15.8 Å². The normalized spacial score (nSPS) is 12.9. The van der Waals surface area contributed by atoms with E-state index in [-0.39, 0.29) is 48.4 Å². The second kappa shape index (κ2) is 12.1. The van der Waals surface area contributed by atoms with Gasteiger partial charge in [-0.05, 0) is 32.3 Å². The van der Waals surface area contributed by atoms with Gasteiger partial charge >= 0.3 is 6.18 Å². The number of benzene rings is 2. The first-order chi connectivity index (χ1) is 19.3. The molecule has 9 nitrogen and oxygen atoms in total. The molecular weight excluding hydrogens is 543 g/mol. The molecule has 41 heavy (non-hydrogen) atoms. The number of rotatable bonds is 12. The van der Waals surface area contributed by atoms with Crippen molar-refractivity contribution in [2.75, 3.05) is 0 Å². The average molecular weight is 572 g/mol. The molecule has 0 bridgehead atoms. The summed E-state index contributed by atoms with van der Waals surface area (Å²) in [5.41, 5.74) is -1.64. The molecular formula is C29H28F3N3O6. The van der Waals surface area contributed by atoms with E-state index in [2.05, 4.69) is 15.3 Å². The number of aromatic nitrogens is 3. The van der Waals surface area contributed by atoms with Crippen LogP contribution < -0.4 is 0 Å². The number of alkyl halides is 3. The average Bonchev–Trinajstić information content (AvgIpc) is 3.59. The van der Waals surface area contributed by atoms with Crippen LogP contribution in [0.4, 0.5) is 13.2 Å². The Morgan fingerprint density at radius 1 is 0.902 bits per heavy atom. The van der Waals surface area contributed by atoms with Crippen molar-refractivity contribution in [1.29, 1.82) is 0 Å². The Hall–Kier alpha value is -4.16. The molecule has 1 atom stereocenters. The number of hydrogen-bond acceptors (Lipinski definition) is 9. The van der Waals surface area contributed by atoms with Crippen LogP contribution in [0.5, 0.6) is 0 Å². The molecule has 216 valence electrons. The minimum absolute atomic E-state index is 0.00489. The molecule has 0 amide bonds. The largest absolute Gasteiger partial charge is 0.422 e. The highest BCUT2D eigenvalue weighted by Crippen LogP contribution is 2.43. The van der Waals surface area contributed by atoms with Crippen LogP contribution in [0.15, 0.2) is 63.6 Å². The Balaban J connectivity index is 1.42. The standard InChI is InChI=1S/C29H28F3N3O6/c1-28(2,39)16-15-20(36)9-6-10-21(37)24(38)18-11-13-19(14-12-18)26-33-27(41-35-26)25-22(29(30,31)32)23(34-40-25)17-7-4-3-5-8-17/h3-5,7-8,11-14,24,38-39H,6,9-10,15-16H2,1-2H3. The number of halogens is 3. The van der Waals surface area contributed by atoms with Crippen LogP contribution in [0, 0.1) is 0 Å². The van der Waals surface area contributed by atoms with Gasteiger partial charge in [0.2, 0.25) is 11.6 Å². The molecule has 0 saturated heterocycles. The van der Waals surface area contributed by atoms with Crippen LogP contribution in [-0.4, -0.2) is 42.7 Å². The zero-order chi connectivity index (χ0) is 29.8. The van der Waals surface area contributed by atoms with E-state index in [4.69, 9.17) is 9.05 Å². The fourth-order valence-electron chi connectivity index (χ4n) is 4.09. The predicted molar refractivity (Wildman–Crippen MR) is 140 cm³/mol. The molecule has 0 saturated carbocycles. The highest BCUT2D eigenvalue weighted by molar-refractivity contribution is 5.85. The maximum Gasteiger partial charge on any atom is 0.422 e. The van der Waals surface area contributed by atoms with E-state index in [0.29, 0.717) is 12.0 Å². The van der Waals surface area contributed by atoms with Gasteiger partial charge in [0.05, 0.1) is 5.60 Å². The van der Waals surface area contributed by atoms with Crippen LogP contribution in [0.25, 0.3) is 34.3 Å². The van der Waals surface area contributed by atoms with E-state index in [1.54, 1.807) is 32.0 Å². The third-order valence-corrected chi connectivity index (χ3v) is 6.33. The van der Waals surface area contributed by atoms with E-state index in [1.807, 2.05) is 0 Å². The van der Waals surface area contributed by atoms with Gasteiger partial charge in [-0.15, -0.1) is 0 Å². The summed E-state index contributed by atoms with van der Waals surface area (Å²) in [6, 6.07) is 13.6. The number of nitrogens with zero attached hydrogens (tertiary/aromatic N) is 3. The van der Waals surface area contributed by atoms with Gasteiger partial charge in [-0.2, -0.15) is 18.2 Å². The van der Waals surface area contributed by atoms with Crippen molar-refractivity contribution in [2.24, 2.45) is 0 Å². The summed E-state index contributed by atoms with van der Waals surface area (Å²) < 4.78 is 51.9. The fraction of sp³-hybridized carbons (Fsp3) is 0.345. The van der Waals surface area contributed by atoms with Crippen molar-refractivity contribution in [1.82, 2.24) is 15.3 Å². The van der Waals surface area contributed by atoms with E-state index < -0.39 is 46.6 Å². The highest BCUT2D eigenvalue weighted by Gasteiger charge is 2.43. The fourth-order valence-corrected chi connectivity index (χ4v) is 4.09. The summed E-state index contributed by atoms with van der Waals surface area (Å²) in [7, 11) is 0. The number of hydrogen-bond donors (Lipinski definition) is 2. The zero-order valence-electron chi connectivity index (χ0n) is 22.3. The van der Waals surface area contributed by atoms with Gasteiger partial charge in [0.15, 0.2) is 5.78 Å². The van der Waals surface area contributed by atoms with Gasteiger partial charge in [-0.25, -0.2) is 0 Å². The number of carbonyl (C=O) groups is 2. The highest BCUT2D eigenvalue weighted by atomic mass is 19.4. The lowest BCUT2D eigenvalue weighted by atomic mass is 9.97. The van der Waals surface area contributed by atoms with Crippen LogP contribution in [0.2, 0.25) is 0 Å². The van der Waals surface area contributed by atoms with Crippen LogP contribution >= 0.6 is 0 Å². The van der Waals surface area contributed by atoms with Gasteiger partial charge < -0.3 is 19.3 Å². The first-order valence-corrected chi connectivity index (χ1v) is 12.8. The molecule has 4 aromatic rings. The van der Waals surface area contributed by atoms with Crippen LogP contribution in [0.3, 0.4) is 0 Å². The topological polar surface area (TPSA) is 140 Å². The third kappa shape index (κ3) is 7.53. The van der Waals surface area contributed by atoms with E-state index in [1.165, 1.54) is 36.4 Å². The third-order valence-electron chi connectivity index (χ3n) is 6.33. The summed E-state index contributed by atoms with van der Waals surface area (Å²) in [6.45, 7) is 3.23. The summed E-state index contributed by atoms with van der Waals surface area (Å²) in [5, 5.41) is 27.5. The first-order valence-electron chi connectivity index (χ1n) is 12.8. The van der Waals surface area contributed by atoms with Crippen molar-refractivity contribution in [3.8, 4) is 34.3 Å². The minimum atomic E-state index is -4.82. The summed E-state index contributed by atoms with van der Waals surface area (Å²) >= 11 is 0. The van der Waals surface area contributed by atoms with Gasteiger partial charge in [0.1, 0.15) is 23.1 Å². The lowest BCUT2D eigenvalue weighted by molar-refractivity contribution is -0.137. The van der Waals surface area contributed by atoms with Crippen LogP contribution in [0.1, 0.15) is 63.2 Å². The Morgan fingerprint density at radius 3 is 2.22 bits per heavy atom. The quantitative estimate of drug-likeness (QED) is 0.210. The molecule has 12 heteroatoms.